The summed E-state index contributed by atoms with van der Waals surface area (Å²) in [4.78, 5) is 5.60. The molecule has 7 heteroatoms. The summed E-state index contributed by atoms with van der Waals surface area (Å²) in [5.41, 5.74) is 3.68. The minimum Gasteiger partial charge on any atom is -0.377 e. The molecule has 1 N–H and O–H groups in total. The monoisotopic (exact) mass is 436 g/mol. The Kier molecular flexibility index (Phi) is 4.14. The molecule has 0 aliphatic carbocycles. The van der Waals surface area contributed by atoms with Gasteiger partial charge in [0.05, 0.1) is 24.7 Å². The Morgan fingerprint density at radius 1 is 1.32 bits per heavy atom. The van der Waals surface area contributed by atoms with E-state index in [1.807, 2.05) is 17.6 Å². The second-order valence-electron chi connectivity index (χ2n) is 3.81. The highest BCUT2D eigenvalue weighted by molar-refractivity contribution is 9.13. The summed E-state index contributed by atoms with van der Waals surface area (Å²) in [5, 5.41) is 4.08. The van der Waals surface area contributed by atoms with Gasteiger partial charge in [-0.15, -0.1) is 22.7 Å². The molecule has 0 spiro atoms. The van der Waals surface area contributed by atoms with Gasteiger partial charge in [-0.3, -0.25) is 0 Å². The third kappa shape index (κ3) is 2.83. The van der Waals surface area contributed by atoms with Crippen LogP contribution in [0.15, 0.2) is 32.0 Å². The van der Waals surface area contributed by atoms with E-state index in [1.54, 1.807) is 22.7 Å². The summed E-state index contributed by atoms with van der Waals surface area (Å²) in [6, 6.07) is 6.00. The van der Waals surface area contributed by atoms with E-state index >= 15 is 0 Å². The van der Waals surface area contributed by atoms with Crippen LogP contribution in [-0.4, -0.2) is 4.98 Å². The summed E-state index contributed by atoms with van der Waals surface area (Å²) >= 11 is 16.5. The Balaban J connectivity index is 1.89. The molecule has 3 rings (SSSR count). The smallest absolute Gasteiger partial charge is 0.106 e. The standard InChI is InChI=1S/C12H7Br2ClN2S2/c13-7-3-6(19-12(7)14)4-16-10-8(15)1-2-9-11(10)17-5-18-9/h1-3,5,16H,4H2. The first kappa shape index (κ1) is 13.8. The zero-order valence-corrected chi connectivity index (χ0v) is 15.0. The second-order valence-corrected chi connectivity index (χ2v) is 8.41. The first-order chi connectivity index (χ1) is 9.15. The number of nitrogens with zero attached hydrogens (tertiary/aromatic N) is 1. The van der Waals surface area contributed by atoms with Gasteiger partial charge in [-0.05, 0) is 50.1 Å². The fourth-order valence-electron chi connectivity index (χ4n) is 1.73. The number of benzene rings is 1. The van der Waals surface area contributed by atoms with Gasteiger partial charge >= 0.3 is 0 Å². The van der Waals surface area contributed by atoms with E-state index in [-0.39, 0.29) is 0 Å². The minimum atomic E-state index is 0.702. The number of aromatic nitrogens is 1. The summed E-state index contributed by atoms with van der Waals surface area (Å²) in [6.07, 6.45) is 0. The number of halogens is 3. The van der Waals surface area contributed by atoms with Crippen LogP contribution in [0.25, 0.3) is 10.2 Å². The number of thiophene rings is 1. The molecule has 2 aromatic heterocycles. The lowest BCUT2D eigenvalue weighted by atomic mass is 10.3. The molecule has 0 fully saturated rings. The van der Waals surface area contributed by atoms with Gasteiger partial charge in [0.15, 0.2) is 0 Å². The van der Waals surface area contributed by atoms with Gasteiger partial charge in [0.1, 0.15) is 5.52 Å². The van der Waals surface area contributed by atoms with Crippen molar-refractivity contribution in [3.05, 3.63) is 41.9 Å². The van der Waals surface area contributed by atoms with Crippen molar-refractivity contribution in [2.75, 3.05) is 5.32 Å². The molecular weight excluding hydrogens is 432 g/mol. The van der Waals surface area contributed by atoms with Crippen LogP contribution in [0.4, 0.5) is 5.69 Å². The lowest BCUT2D eigenvalue weighted by Gasteiger charge is -2.07. The Hall–Kier alpha value is -0.140. The zero-order valence-electron chi connectivity index (χ0n) is 9.41. The van der Waals surface area contributed by atoms with Gasteiger partial charge in [-0.25, -0.2) is 4.98 Å². The highest BCUT2D eigenvalue weighted by Gasteiger charge is 2.10. The number of rotatable bonds is 3. The number of anilines is 1. The first-order valence-corrected chi connectivity index (χ1v) is 9.00. The van der Waals surface area contributed by atoms with Gasteiger partial charge in [-0.2, -0.15) is 0 Å². The van der Waals surface area contributed by atoms with Gasteiger partial charge in [0.2, 0.25) is 0 Å². The Morgan fingerprint density at radius 3 is 2.89 bits per heavy atom. The summed E-state index contributed by atoms with van der Waals surface area (Å²) in [5.74, 6) is 0. The normalized spacial score (nSPS) is 11.1. The third-order valence-electron chi connectivity index (χ3n) is 2.59. The zero-order chi connectivity index (χ0) is 13.4. The molecule has 3 aromatic rings. The second kappa shape index (κ2) is 5.69. The molecule has 0 amide bonds. The lowest BCUT2D eigenvalue weighted by molar-refractivity contribution is 1.19. The first-order valence-electron chi connectivity index (χ1n) is 5.34. The van der Waals surface area contributed by atoms with Crippen LogP contribution in [0.5, 0.6) is 0 Å². The van der Waals surface area contributed by atoms with Gasteiger partial charge in [-0.1, -0.05) is 11.6 Å². The van der Waals surface area contributed by atoms with E-state index in [2.05, 4.69) is 48.2 Å². The molecule has 0 saturated heterocycles. The maximum absolute atomic E-state index is 6.25. The fourth-order valence-corrected chi connectivity index (χ4v) is 4.75. The molecule has 0 atom stereocenters. The number of fused-ring (bicyclic) bond motifs is 1. The van der Waals surface area contributed by atoms with Gasteiger partial charge in [0.25, 0.3) is 0 Å². The van der Waals surface area contributed by atoms with Crippen LogP contribution in [0, 0.1) is 0 Å². The quantitative estimate of drug-likeness (QED) is 0.531. The fraction of sp³-hybridized carbons (Fsp3) is 0.0833. The highest BCUT2D eigenvalue weighted by atomic mass is 79.9. The van der Waals surface area contributed by atoms with Crippen LogP contribution in [0.2, 0.25) is 5.02 Å². The van der Waals surface area contributed by atoms with Crippen LogP contribution < -0.4 is 5.32 Å². The van der Waals surface area contributed by atoms with Crippen molar-refractivity contribution in [3.8, 4) is 0 Å². The minimum absolute atomic E-state index is 0.702. The van der Waals surface area contributed by atoms with Crippen LogP contribution in [0.1, 0.15) is 4.88 Å². The average Bonchev–Trinajstić information content (AvgIpc) is 2.96. The molecule has 0 aliphatic rings. The number of hydrogen-bond acceptors (Lipinski definition) is 4. The van der Waals surface area contributed by atoms with Crippen LogP contribution in [-0.2, 0) is 6.54 Å². The maximum atomic E-state index is 6.25. The molecule has 0 bridgehead atoms. The SMILES string of the molecule is Clc1ccc2scnc2c1NCc1cc(Br)c(Br)s1. The maximum Gasteiger partial charge on any atom is 0.106 e. The number of nitrogens with one attached hydrogen (secondary N) is 1. The Morgan fingerprint density at radius 2 is 2.16 bits per heavy atom. The molecule has 0 unspecified atom stereocenters. The number of thiazole rings is 1. The van der Waals surface area contributed by atoms with E-state index in [0.29, 0.717) is 5.02 Å². The molecule has 2 nitrogen and oxygen atoms in total. The molecule has 0 saturated carbocycles. The van der Waals surface area contributed by atoms with Gasteiger partial charge in [0, 0.05) is 15.9 Å². The largest absolute Gasteiger partial charge is 0.377 e. The lowest BCUT2D eigenvalue weighted by Crippen LogP contribution is -1.98. The van der Waals surface area contributed by atoms with E-state index in [1.165, 1.54) is 4.88 Å². The van der Waals surface area contributed by atoms with Crippen molar-refractivity contribution in [2.45, 2.75) is 6.54 Å². The van der Waals surface area contributed by atoms with Crippen molar-refractivity contribution in [1.29, 1.82) is 0 Å². The van der Waals surface area contributed by atoms with Crippen molar-refractivity contribution in [3.63, 3.8) is 0 Å². The third-order valence-corrected chi connectivity index (χ3v) is 6.95. The Bertz CT molecular complexity index is 719. The van der Waals surface area contributed by atoms with E-state index in [0.717, 1.165) is 30.7 Å². The van der Waals surface area contributed by atoms with Crippen molar-refractivity contribution >= 4 is 82.0 Å². The average molecular weight is 439 g/mol. The van der Waals surface area contributed by atoms with Crippen LogP contribution in [0.3, 0.4) is 0 Å². The molecule has 0 aliphatic heterocycles. The molecule has 19 heavy (non-hydrogen) atoms. The van der Waals surface area contributed by atoms with E-state index in [9.17, 15) is 0 Å². The Labute approximate surface area is 140 Å². The van der Waals surface area contributed by atoms with E-state index in [4.69, 9.17) is 11.6 Å². The summed E-state index contributed by atoms with van der Waals surface area (Å²) in [7, 11) is 0. The van der Waals surface area contributed by atoms with Crippen LogP contribution >= 0.6 is 66.1 Å². The van der Waals surface area contributed by atoms with Crippen molar-refractivity contribution in [2.24, 2.45) is 0 Å². The molecule has 2 heterocycles. The van der Waals surface area contributed by atoms with Crippen molar-refractivity contribution < 1.29 is 0 Å². The predicted molar refractivity (Wildman–Crippen MR) is 91.7 cm³/mol. The highest BCUT2D eigenvalue weighted by Crippen LogP contribution is 2.35. The molecule has 98 valence electrons. The van der Waals surface area contributed by atoms with Gasteiger partial charge < -0.3 is 5.32 Å². The number of hydrogen-bond donors (Lipinski definition) is 1. The topological polar surface area (TPSA) is 24.9 Å². The molecule has 1 aromatic carbocycles. The van der Waals surface area contributed by atoms with Crippen molar-refractivity contribution in [1.82, 2.24) is 4.98 Å². The van der Waals surface area contributed by atoms with E-state index < -0.39 is 0 Å². The molecular formula is C12H7Br2ClN2S2. The predicted octanol–water partition coefficient (Wildman–Crippen LogP) is 6.15. The summed E-state index contributed by atoms with van der Waals surface area (Å²) < 4.78 is 3.31. The molecule has 0 radical (unpaired) electrons. The summed E-state index contributed by atoms with van der Waals surface area (Å²) in [6.45, 7) is 0.727.